The predicted molar refractivity (Wildman–Crippen MR) is 108 cm³/mol. The van der Waals surface area contributed by atoms with E-state index >= 15 is 0 Å². The average molecular weight is 387 g/mol. The number of likely N-dealkylation sites (tertiary alicyclic amines) is 1. The molecule has 0 spiro atoms. The fourth-order valence-electron chi connectivity index (χ4n) is 3.55. The Morgan fingerprint density at radius 1 is 1.15 bits per heavy atom. The van der Waals surface area contributed by atoms with E-state index < -0.39 is 10.0 Å². The van der Waals surface area contributed by atoms with E-state index in [1.807, 2.05) is 30.0 Å². The summed E-state index contributed by atoms with van der Waals surface area (Å²) in [6, 6.07) is 13.7. The van der Waals surface area contributed by atoms with Crippen LogP contribution in [-0.4, -0.2) is 39.4 Å². The Morgan fingerprint density at radius 2 is 1.89 bits per heavy atom. The number of para-hydroxylation sites is 1. The van der Waals surface area contributed by atoms with Crippen LogP contribution in [0.1, 0.15) is 35.7 Å². The largest absolute Gasteiger partial charge is 0.338 e. The van der Waals surface area contributed by atoms with Crippen LogP contribution in [-0.2, 0) is 10.0 Å². The monoisotopic (exact) mass is 386 g/mol. The summed E-state index contributed by atoms with van der Waals surface area (Å²) in [5.74, 6) is 0.374. The van der Waals surface area contributed by atoms with E-state index in [-0.39, 0.29) is 10.8 Å². The van der Waals surface area contributed by atoms with Crippen LogP contribution in [0.4, 0.5) is 5.69 Å². The van der Waals surface area contributed by atoms with E-state index in [2.05, 4.69) is 6.92 Å². The van der Waals surface area contributed by atoms with Crippen molar-refractivity contribution in [2.45, 2.75) is 31.6 Å². The van der Waals surface area contributed by atoms with Crippen molar-refractivity contribution in [3.8, 4) is 0 Å². The molecule has 1 atom stereocenters. The average Bonchev–Trinajstić information content (AvgIpc) is 2.67. The number of amides is 1. The number of anilines is 1. The molecule has 0 saturated carbocycles. The molecule has 1 aliphatic heterocycles. The number of sulfonamides is 1. The molecule has 1 fully saturated rings. The van der Waals surface area contributed by atoms with Crippen LogP contribution in [0.2, 0.25) is 0 Å². The zero-order valence-corrected chi connectivity index (χ0v) is 16.9. The summed E-state index contributed by atoms with van der Waals surface area (Å²) in [4.78, 5) is 14.8. The molecular formula is C21H26N2O3S. The van der Waals surface area contributed by atoms with Crippen LogP contribution in [0, 0.1) is 12.8 Å². The molecule has 0 radical (unpaired) electrons. The number of benzene rings is 2. The summed E-state index contributed by atoms with van der Waals surface area (Å²) in [6.07, 6.45) is 2.11. The fourth-order valence-corrected chi connectivity index (χ4v) is 4.86. The van der Waals surface area contributed by atoms with E-state index in [0.29, 0.717) is 17.2 Å². The molecule has 0 N–H and O–H groups in total. The lowest BCUT2D eigenvalue weighted by Crippen LogP contribution is -2.39. The molecule has 1 saturated heterocycles. The number of piperidine rings is 1. The van der Waals surface area contributed by atoms with Gasteiger partial charge in [-0.3, -0.25) is 9.10 Å². The summed E-state index contributed by atoms with van der Waals surface area (Å²) in [6.45, 7) is 5.46. The van der Waals surface area contributed by atoms with Gasteiger partial charge in [0, 0.05) is 25.7 Å². The lowest BCUT2D eigenvalue weighted by atomic mass is 9.99. The normalized spacial score (nSPS) is 17.6. The SMILES string of the molecule is Cc1ccccc1N(C)S(=O)(=O)c1cccc(C(=O)N2CCC[C@H](C)C2)c1. The van der Waals surface area contributed by atoms with Gasteiger partial charge in [0.25, 0.3) is 15.9 Å². The molecule has 0 aliphatic carbocycles. The maximum absolute atomic E-state index is 13.1. The lowest BCUT2D eigenvalue weighted by molar-refractivity contribution is 0.0683. The minimum Gasteiger partial charge on any atom is -0.338 e. The topological polar surface area (TPSA) is 57.7 Å². The molecule has 144 valence electrons. The summed E-state index contributed by atoms with van der Waals surface area (Å²) in [5.41, 5.74) is 1.92. The van der Waals surface area contributed by atoms with Gasteiger partial charge in [-0.05, 0) is 55.5 Å². The van der Waals surface area contributed by atoms with Crippen molar-refractivity contribution in [3.63, 3.8) is 0 Å². The third kappa shape index (κ3) is 4.00. The van der Waals surface area contributed by atoms with Crippen molar-refractivity contribution in [1.29, 1.82) is 0 Å². The highest BCUT2D eigenvalue weighted by Crippen LogP contribution is 2.26. The van der Waals surface area contributed by atoms with Crippen LogP contribution in [0.25, 0.3) is 0 Å². The Kier molecular flexibility index (Phi) is 5.56. The predicted octanol–water partition coefficient (Wildman–Crippen LogP) is 3.69. The van der Waals surface area contributed by atoms with Gasteiger partial charge in [0.2, 0.25) is 0 Å². The minimum atomic E-state index is -3.75. The van der Waals surface area contributed by atoms with Crippen LogP contribution >= 0.6 is 0 Å². The Morgan fingerprint density at radius 3 is 2.59 bits per heavy atom. The molecule has 1 aliphatic rings. The van der Waals surface area contributed by atoms with Gasteiger partial charge in [-0.25, -0.2) is 8.42 Å². The Bertz CT molecular complexity index is 940. The molecule has 0 unspecified atom stereocenters. The van der Waals surface area contributed by atoms with Crippen LogP contribution in [0.5, 0.6) is 0 Å². The summed E-state index contributed by atoms with van der Waals surface area (Å²) < 4.78 is 27.5. The number of hydrogen-bond donors (Lipinski definition) is 0. The van der Waals surface area contributed by atoms with Gasteiger partial charge in [0.05, 0.1) is 10.6 Å². The summed E-state index contributed by atoms with van der Waals surface area (Å²) in [5, 5.41) is 0. The van der Waals surface area contributed by atoms with Crippen LogP contribution in [0.3, 0.4) is 0 Å². The molecule has 6 heteroatoms. The van der Waals surface area contributed by atoms with E-state index in [1.54, 1.807) is 31.3 Å². The van der Waals surface area contributed by atoms with E-state index in [4.69, 9.17) is 0 Å². The van der Waals surface area contributed by atoms with Crippen LogP contribution in [0.15, 0.2) is 53.4 Å². The second kappa shape index (κ2) is 7.72. The van der Waals surface area contributed by atoms with Crippen LogP contribution < -0.4 is 4.31 Å². The van der Waals surface area contributed by atoms with Crippen molar-refractivity contribution >= 4 is 21.6 Å². The first-order chi connectivity index (χ1) is 12.8. The van der Waals surface area contributed by atoms with Crippen molar-refractivity contribution in [2.24, 2.45) is 5.92 Å². The maximum atomic E-state index is 13.1. The molecule has 5 nitrogen and oxygen atoms in total. The van der Waals surface area contributed by atoms with Gasteiger partial charge in [0.15, 0.2) is 0 Å². The Hall–Kier alpha value is -2.34. The number of carbonyl (C=O) groups is 1. The van der Waals surface area contributed by atoms with Gasteiger partial charge in [-0.1, -0.05) is 31.2 Å². The van der Waals surface area contributed by atoms with Gasteiger partial charge < -0.3 is 4.90 Å². The second-order valence-corrected chi connectivity index (χ2v) is 9.25. The quantitative estimate of drug-likeness (QED) is 0.805. The number of rotatable bonds is 4. The fraction of sp³-hybridized carbons (Fsp3) is 0.381. The first-order valence-electron chi connectivity index (χ1n) is 9.24. The third-order valence-corrected chi connectivity index (χ3v) is 6.91. The van der Waals surface area contributed by atoms with Gasteiger partial charge >= 0.3 is 0 Å². The highest BCUT2D eigenvalue weighted by molar-refractivity contribution is 7.92. The highest BCUT2D eigenvalue weighted by Gasteiger charge is 2.26. The Balaban J connectivity index is 1.90. The van der Waals surface area contributed by atoms with Gasteiger partial charge in [-0.15, -0.1) is 0 Å². The van der Waals surface area contributed by atoms with Crippen molar-refractivity contribution < 1.29 is 13.2 Å². The summed E-state index contributed by atoms with van der Waals surface area (Å²) >= 11 is 0. The summed E-state index contributed by atoms with van der Waals surface area (Å²) in [7, 11) is -2.21. The second-order valence-electron chi connectivity index (χ2n) is 7.29. The van der Waals surface area contributed by atoms with Crippen molar-refractivity contribution in [2.75, 3.05) is 24.4 Å². The molecular weight excluding hydrogens is 360 g/mol. The third-order valence-electron chi connectivity index (χ3n) is 5.14. The van der Waals surface area contributed by atoms with Crippen molar-refractivity contribution in [1.82, 2.24) is 4.90 Å². The lowest BCUT2D eigenvalue weighted by Gasteiger charge is -2.31. The van der Waals surface area contributed by atoms with E-state index in [1.165, 1.54) is 10.4 Å². The first-order valence-corrected chi connectivity index (χ1v) is 10.7. The molecule has 1 heterocycles. The first kappa shape index (κ1) is 19.4. The number of carbonyl (C=O) groups excluding carboxylic acids is 1. The zero-order valence-electron chi connectivity index (χ0n) is 16.1. The standard InChI is InChI=1S/C21H26N2O3S/c1-16-8-7-13-23(15-16)21(24)18-10-6-11-19(14-18)27(25,26)22(3)20-12-5-4-9-17(20)2/h4-6,9-12,14,16H,7-8,13,15H2,1-3H3/t16-/m0/s1. The maximum Gasteiger partial charge on any atom is 0.264 e. The molecule has 2 aromatic carbocycles. The molecule has 1 amide bonds. The molecule has 27 heavy (non-hydrogen) atoms. The van der Waals surface area contributed by atoms with Gasteiger partial charge in [-0.2, -0.15) is 0 Å². The molecule has 3 rings (SSSR count). The van der Waals surface area contributed by atoms with Gasteiger partial charge in [0.1, 0.15) is 0 Å². The number of aryl methyl sites for hydroxylation is 1. The molecule has 0 bridgehead atoms. The molecule has 2 aromatic rings. The molecule has 0 aromatic heterocycles. The van der Waals surface area contributed by atoms with Crippen molar-refractivity contribution in [3.05, 3.63) is 59.7 Å². The number of hydrogen-bond acceptors (Lipinski definition) is 3. The van der Waals surface area contributed by atoms with E-state index in [9.17, 15) is 13.2 Å². The van der Waals surface area contributed by atoms with E-state index in [0.717, 1.165) is 31.5 Å². The minimum absolute atomic E-state index is 0.0999. The smallest absolute Gasteiger partial charge is 0.264 e. The zero-order chi connectivity index (χ0) is 19.6. The Labute approximate surface area is 161 Å². The highest BCUT2D eigenvalue weighted by atomic mass is 32.2. The number of nitrogens with zero attached hydrogens (tertiary/aromatic N) is 2.